The number of likely N-dealkylation sites (N-methyl/N-ethyl adjacent to an activating group) is 1. The summed E-state index contributed by atoms with van der Waals surface area (Å²) in [6, 6.07) is 2.65. The quantitative estimate of drug-likeness (QED) is 0.203. The largest absolute Gasteiger partial charge is 0.545 e. The number of fused-ring (bicyclic) bond motifs is 1. The Morgan fingerprint density at radius 3 is 2.54 bits per heavy atom. The highest BCUT2D eigenvalue weighted by molar-refractivity contribution is 7.14. The highest BCUT2D eigenvalue weighted by Crippen LogP contribution is 2.27. The second-order valence-electron chi connectivity index (χ2n) is 12.8. The van der Waals surface area contributed by atoms with E-state index in [-0.39, 0.29) is 69.9 Å². The van der Waals surface area contributed by atoms with Gasteiger partial charge in [-0.25, -0.2) is 9.97 Å². The topological polar surface area (TPSA) is 192 Å². The number of amides is 3. The molecule has 4 heterocycles. The van der Waals surface area contributed by atoms with Crippen LogP contribution in [0, 0.1) is 0 Å². The van der Waals surface area contributed by atoms with Gasteiger partial charge in [-0.2, -0.15) is 0 Å². The maximum Gasteiger partial charge on any atom is 0.275 e. The van der Waals surface area contributed by atoms with Crippen molar-refractivity contribution < 1.29 is 28.8 Å². The van der Waals surface area contributed by atoms with Gasteiger partial charge in [0.15, 0.2) is 18.2 Å². The van der Waals surface area contributed by atoms with Crippen LogP contribution in [0.1, 0.15) is 55.2 Å². The van der Waals surface area contributed by atoms with Crippen LogP contribution in [0.15, 0.2) is 34.6 Å². The Morgan fingerprint density at radius 1 is 1.20 bits per heavy atom. The van der Waals surface area contributed by atoms with Crippen LogP contribution >= 0.6 is 23.7 Å². The number of carbonyl (C=O) groups excluding carboxylic acids is 4. The first-order valence-electron chi connectivity index (χ1n) is 14.4. The zero-order valence-corrected chi connectivity index (χ0v) is 28.0. The van der Waals surface area contributed by atoms with E-state index in [2.05, 4.69) is 15.6 Å². The van der Waals surface area contributed by atoms with Crippen LogP contribution < -0.4 is 31.9 Å². The molecule has 0 spiro atoms. The van der Waals surface area contributed by atoms with Crippen molar-refractivity contribution in [3.8, 4) is 0 Å². The second-order valence-corrected chi connectivity index (χ2v) is 13.6. The number of nitrogens with one attached hydrogen (secondary N) is 2. The Morgan fingerprint density at radius 2 is 1.91 bits per heavy atom. The average Bonchev–Trinajstić information content (AvgIpc) is 3.40. The minimum atomic E-state index is -1.48. The fraction of sp³-hybridized carbons (Fsp3) is 0.433. The van der Waals surface area contributed by atoms with E-state index < -0.39 is 23.3 Å². The standard InChI is InChI=1S/C30H38N8O6S.ClH/c1-30(2,3)21-17-45-29(33-21)35-27(43)18-10-12-37-23(13-18)34-26(20(28(37)44)8-9-25(41)42)36-11-6-7-19(14-36)32-24(40)16-38(4,5)15-22(31)39;/h8-10,12-13,17,19H,6-7,11,14-16H2,1-5H3,(H4-,31,32,33,35,39,40,41,42,43);1H/t19-;/m0./s1. The molecule has 46 heavy (non-hydrogen) atoms. The number of hydrogen-bond donors (Lipinski definition) is 3. The normalized spacial score (nSPS) is 15.4. The fourth-order valence-corrected chi connectivity index (χ4v) is 6.02. The monoisotopic (exact) mass is 674 g/mol. The number of quaternary nitrogens is 1. The molecule has 248 valence electrons. The van der Waals surface area contributed by atoms with Gasteiger partial charge in [-0.1, -0.05) is 20.8 Å². The van der Waals surface area contributed by atoms with E-state index >= 15 is 0 Å². The van der Waals surface area contributed by atoms with Crippen molar-refractivity contribution in [1.29, 1.82) is 0 Å². The summed E-state index contributed by atoms with van der Waals surface area (Å²) in [4.78, 5) is 73.1. The third-order valence-electron chi connectivity index (χ3n) is 7.23. The van der Waals surface area contributed by atoms with Crippen molar-refractivity contribution in [2.24, 2.45) is 5.73 Å². The summed E-state index contributed by atoms with van der Waals surface area (Å²) in [7, 11) is 3.46. The lowest BCUT2D eigenvalue weighted by molar-refractivity contribution is -0.874. The molecule has 0 aromatic carbocycles. The molecule has 16 heteroatoms. The molecule has 14 nitrogen and oxygen atoms in total. The number of piperidine rings is 1. The molecule has 3 amide bonds. The molecule has 1 aliphatic heterocycles. The number of hydrogen-bond acceptors (Lipinski definition) is 10. The number of pyridine rings is 1. The van der Waals surface area contributed by atoms with Crippen LogP contribution in [0.4, 0.5) is 10.9 Å². The summed E-state index contributed by atoms with van der Waals surface area (Å²) in [6.45, 7) is 6.91. The van der Waals surface area contributed by atoms with Crippen molar-refractivity contribution in [3.05, 3.63) is 57.0 Å². The number of nitrogens with zero attached hydrogens (tertiary/aromatic N) is 5. The fourth-order valence-electron chi connectivity index (χ4n) is 5.09. The molecule has 1 aliphatic rings. The number of rotatable bonds is 10. The van der Waals surface area contributed by atoms with Gasteiger partial charge < -0.3 is 30.3 Å². The third kappa shape index (κ3) is 9.11. The van der Waals surface area contributed by atoms with E-state index in [1.54, 1.807) is 14.1 Å². The molecular weight excluding hydrogens is 636 g/mol. The number of aromatic nitrogens is 3. The van der Waals surface area contributed by atoms with Gasteiger partial charge in [-0.05, 0) is 37.1 Å². The number of aliphatic carboxylic acids is 1. The zero-order chi connectivity index (χ0) is 33.1. The smallest absolute Gasteiger partial charge is 0.275 e. The number of carboxylic acid groups (broad SMARTS) is 1. The molecule has 3 aromatic rings. The minimum absolute atomic E-state index is 0. The summed E-state index contributed by atoms with van der Waals surface area (Å²) in [6.07, 6.45) is 4.64. The number of primary amides is 1. The molecule has 1 saturated heterocycles. The maximum atomic E-state index is 13.6. The summed E-state index contributed by atoms with van der Waals surface area (Å²) in [5.74, 6) is -2.46. The lowest BCUT2D eigenvalue weighted by Gasteiger charge is -2.35. The van der Waals surface area contributed by atoms with Crippen molar-refractivity contribution in [2.45, 2.75) is 45.1 Å². The third-order valence-corrected chi connectivity index (χ3v) is 7.99. The van der Waals surface area contributed by atoms with Crippen molar-refractivity contribution in [2.75, 3.05) is 50.5 Å². The van der Waals surface area contributed by atoms with Crippen molar-refractivity contribution in [1.82, 2.24) is 19.7 Å². The maximum absolute atomic E-state index is 13.6. The molecule has 0 radical (unpaired) electrons. The Bertz CT molecular complexity index is 1730. The summed E-state index contributed by atoms with van der Waals surface area (Å²) < 4.78 is 1.33. The SMILES string of the molecule is CC(C)(C)c1csc(NC(=O)c2ccn3c(=O)c(C=CC(=O)[O-])c(N4CCC[C@H](NC(=O)C[N+](C)(C)CC(N)=O)C4)nc3c2)n1.Cl. The number of carbonyl (C=O) groups is 4. The van der Waals surface area contributed by atoms with Gasteiger partial charge in [-0.3, -0.25) is 28.9 Å². The highest BCUT2D eigenvalue weighted by atomic mass is 35.5. The Labute approximate surface area is 276 Å². The van der Waals surface area contributed by atoms with Gasteiger partial charge in [0, 0.05) is 41.7 Å². The number of halogens is 1. The van der Waals surface area contributed by atoms with Gasteiger partial charge in [-0.15, -0.1) is 23.7 Å². The first-order chi connectivity index (χ1) is 21.0. The second kappa shape index (κ2) is 14.4. The highest BCUT2D eigenvalue weighted by Gasteiger charge is 2.28. The molecular formula is C30H39ClN8O6S. The zero-order valence-electron chi connectivity index (χ0n) is 26.4. The molecule has 0 aliphatic carbocycles. The molecule has 3 aromatic heterocycles. The molecule has 0 bridgehead atoms. The Kier molecular flexibility index (Phi) is 11.3. The van der Waals surface area contributed by atoms with E-state index in [0.717, 1.165) is 17.8 Å². The van der Waals surface area contributed by atoms with Crippen molar-refractivity contribution in [3.63, 3.8) is 0 Å². The predicted molar refractivity (Wildman–Crippen MR) is 176 cm³/mol. The first-order valence-corrected chi connectivity index (χ1v) is 15.3. The van der Waals surface area contributed by atoms with Crippen LogP contribution in [0.2, 0.25) is 0 Å². The van der Waals surface area contributed by atoms with Gasteiger partial charge in [0.2, 0.25) is 0 Å². The molecule has 1 fully saturated rings. The molecule has 4 N–H and O–H groups in total. The minimum Gasteiger partial charge on any atom is -0.545 e. The lowest BCUT2D eigenvalue weighted by atomic mass is 9.93. The van der Waals surface area contributed by atoms with Crippen LogP contribution in [-0.2, 0) is 19.8 Å². The van der Waals surface area contributed by atoms with Crippen LogP contribution in [0.5, 0.6) is 0 Å². The van der Waals surface area contributed by atoms with Gasteiger partial charge in [0.25, 0.3) is 23.3 Å². The van der Waals surface area contributed by atoms with Crippen LogP contribution in [0.3, 0.4) is 0 Å². The van der Waals surface area contributed by atoms with Crippen LogP contribution in [-0.4, -0.2) is 88.9 Å². The molecule has 0 saturated carbocycles. The van der Waals surface area contributed by atoms with E-state index in [0.29, 0.717) is 31.1 Å². The van der Waals surface area contributed by atoms with E-state index in [9.17, 15) is 29.1 Å². The number of anilines is 2. The lowest BCUT2D eigenvalue weighted by Crippen LogP contribution is -2.55. The molecule has 1 atom stereocenters. The van der Waals surface area contributed by atoms with E-state index in [4.69, 9.17) is 10.7 Å². The van der Waals surface area contributed by atoms with E-state index in [1.165, 1.54) is 34.1 Å². The Hall–Kier alpha value is -4.34. The van der Waals surface area contributed by atoms with Crippen LogP contribution in [0.25, 0.3) is 11.7 Å². The number of thiazole rings is 1. The van der Waals surface area contributed by atoms with Crippen molar-refractivity contribution >= 4 is 70.1 Å². The molecule has 0 unspecified atom stereocenters. The van der Waals surface area contributed by atoms with E-state index in [1.807, 2.05) is 31.1 Å². The molecule has 4 rings (SSSR count). The Balaban J connectivity index is 0.00000576. The first kappa shape index (κ1) is 36.1. The van der Waals surface area contributed by atoms with Gasteiger partial charge in [0.05, 0.1) is 31.3 Å². The predicted octanol–water partition coefficient (Wildman–Crippen LogP) is 0.532. The summed E-state index contributed by atoms with van der Waals surface area (Å²) in [5, 5.41) is 19.4. The van der Waals surface area contributed by atoms with Gasteiger partial charge >= 0.3 is 0 Å². The average molecular weight is 675 g/mol. The number of nitrogens with two attached hydrogens (primary N) is 1. The number of carboxylic acids is 1. The van der Waals surface area contributed by atoms with Gasteiger partial charge in [0.1, 0.15) is 11.5 Å². The summed E-state index contributed by atoms with van der Waals surface area (Å²) in [5.41, 5.74) is 5.90. The summed E-state index contributed by atoms with van der Waals surface area (Å²) >= 11 is 1.31.